The van der Waals surface area contributed by atoms with E-state index in [9.17, 15) is 10.2 Å². The average Bonchev–Trinajstić information content (AvgIpc) is 2.50. The zero-order valence-corrected chi connectivity index (χ0v) is 13.0. The first-order valence-corrected chi connectivity index (χ1v) is 7.71. The second kappa shape index (κ2) is 15.6. The highest BCUT2D eigenvalue weighted by Gasteiger charge is 2.15. The Morgan fingerprint density at radius 1 is 0.636 bits per heavy atom. The summed E-state index contributed by atoms with van der Waals surface area (Å²) in [6.45, 7) is -0.0156. The summed E-state index contributed by atoms with van der Waals surface area (Å²) in [6.07, 6.45) is 0.292. The first-order valence-electron chi connectivity index (χ1n) is 7.71. The van der Waals surface area contributed by atoms with E-state index in [1.54, 1.807) is 0 Å². The molecule has 3 atom stereocenters. The van der Waals surface area contributed by atoms with Crippen molar-refractivity contribution in [1.29, 1.82) is 0 Å². The molecule has 0 saturated heterocycles. The Balaban J connectivity index is 3.86. The first-order chi connectivity index (χ1) is 10.6. The summed E-state index contributed by atoms with van der Waals surface area (Å²) < 4.78 is 15.5. The fourth-order valence-corrected chi connectivity index (χ4v) is 1.78. The van der Waals surface area contributed by atoms with Crippen molar-refractivity contribution in [1.82, 2.24) is 0 Å². The van der Waals surface area contributed by atoms with Crippen LogP contribution in [0.5, 0.6) is 0 Å². The predicted octanol–water partition coefficient (Wildman–Crippen LogP) is -0.683. The summed E-state index contributed by atoms with van der Waals surface area (Å²) in [5, 5.41) is 45.2. The Labute approximate surface area is 131 Å². The molecular weight excluding hydrogens is 296 g/mol. The number of ether oxygens (including phenoxy) is 3. The van der Waals surface area contributed by atoms with E-state index in [0.717, 1.165) is 0 Å². The quantitative estimate of drug-likeness (QED) is 0.186. The van der Waals surface area contributed by atoms with Gasteiger partial charge < -0.3 is 39.7 Å². The van der Waals surface area contributed by atoms with Crippen molar-refractivity contribution in [3.05, 3.63) is 0 Å². The van der Waals surface area contributed by atoms with Crippen LogP contribution in [0, 0.1) is 0 Å². The molecule has 0 fully saturated rings. The molecular formula is C14H30O8. The van der Waals surface area contributed by atoms with Crippen LogP contribution in [0.2, 0.25) is 0 Å². The fraction of sp³-hybridized carbons (Fsp3) is 1.00. The summed E-state index contributed by atoms with van der Waals surface area (Å²) in [5.74, 6) is 0. The van der Waals surface area contributed by atoms with Gasteiger partial charge in [-0.25, -0.2) is 0 Å². The third-order valence-corrected chi connectivity index (χ3v) is 2.86. The molecule has 0 aliphatic heterocycles. The lowest BCUT2D eigenvalue weighted by Crippen LogP contribution is -2.26. The summed E-state index contributed by atoms with van der Waals surface area (Å²) >= 11 is 0. The van der Waals surface area contributed by atoms with E-state index >= 15 is 0 Å². The molecule has 0 saturated carbocycles. The maximum atomic E-state index is 9.79. The number of rotatable bonds is 16. The van der Waals surface area contributed by atoms with Crippen molar-refractivity contribution in [2.45, 2.75) is 57.4 Å². The molecule has 0 heterocycles. The van der Waals surface area contributed by atoms with Gasteiger partial charge in [-0.2, -0.15) is 0 Å². The highest BCUT2D eigenvalue weighted by atomic mass is 16.7. The molecule has 0 spiro atoms. The summed E-state index contributed by atoms with van der Waals surface area (Å²) in [5.41, 5.74) is 0. The lowest BCUT2D eigenvalue weighted by molar-refractivity contribution is -0.235. The molecule has 0 aliphatic carbocycles. The fourth-order valence-electron chi connectivity index (χ4n) is 1.78. The van der Waals surface area contributed by atoms with Gasteiger partial charge in [-0.3, -0.25) is 0 Å². The second-order valence-corrected chi connectivity index (χ2v) is 4.81. The predicted molar refractivity (Wildman–Crippen MR) is 77.8 cm³/mol. The Hall–Kier alpha value is -0.320. The Morgan fingerprint density at radius 2 is 1.27 bits per heavy atom. The van der Waals surface area contributed by atoms with Crippen molar-refractivity contribution in [2.75, 3.05) is 33.0 Å². The van der Waals surface area contributed by atoms with Gasteiger partial charge in [0.1, 0.15) is 0 Å². The molecule has 134 valence electrons. The van der Waals surface area contributed by atoms with Crippen LogP contribution < -0.4 is 0 Å². The normalized spacial score (nSPS) is 15.7. The Bertz CT molecular complexity index is 229. The SMILES string of the molecule is OCCCCC(OCCO)OC(O)CCCC(O)OCCO. The van der Waals surface area contributed by atoms with Crippen LogP contribution in [-0.4, -0.2) is 77.4 Å². The van der Waals surface area contributed by atoms with Crippen molar-refractivity contribution >= 4 is 0 Å². The van der Waals surface area contributed by atoms with Gasteiger partial charge in [0.15, 0.2) is 18.9 Å². The van der Waals surface area contributed by atoms with Gasteiger partial charge in [-0.05, 0) is 38.5 Å². The molecule has 0 radical (unpaired) electrons. The number of hydrogen-bond donors (Lipinski definition) is 5. The van der Waals surface area contributed by atoms with E-state index in [2.05, 4.69) is 0 Å². The molecule has 0 aromatic carbocycles. The molecule has 0 rings (SSSR count). The van der Waals surface area contributed by atoms with Crippen molar-refractivity contribution in [2.24, 2.45) is 0 Å². The summed E-state index contributed by atoms with van der Waals surface area (Å²) in [6, 6.07) is 0. The molecule has 3 unspecified atom stereocenters. The zero-order valence-electron chi connectivity index (χ0n) is 13.0. The average molecular weight is 326 g/mol. The van der Waals surface area contributed by atoms with E-state index in [1.807, 2.05) is 0 Å². The van der Waals surface area contributed by atoms with Gasteiger partial charge in [0.2, 0.25) is 0 Å². The molecule has 8 nitrogen and oxygen atoms in total. The van der Waals surface area contributed by atoms with Crippen LogP contribution in [0.25, 0.3) is 0 Å². The minimum absolute atomic E-state index is 0.0716. The number of hydrogen-bond acceptors (Lipinski definition) is 8. The van der Waals surface area contributed by atoms with Crippen molar-refractivity contribution in [3.63, 3.8) is 0 Å². The van der Waals surface area contributed by atoms with Crippen LogP contribution in [0.15, 0.2) is 0 Å². The van der Waals surface area contributed by atoms with Crippen LogP contribution >= 0.6 is 0 Å². The minimum atomic E-state index is -1.04. The van der Waals surface area contributed by atoms with Gasteiger partial charge in [-0.1, -0.05) is 0 Å². The van der Waals surface area contributed by atoms with Crippen LogP contribution in [0.3, 0.4) is 0 Å². The van der Waals surface area contributed by atoms with E-state index in [0.29, 0.717) is 38.5 Å². The molecule has 0 amide bonds. The van der Waals surface area contributed by atoms with Gasteiger partial charge in [0.25, 0.3) is 0 Å². The number of unbranched alkanes of at least 4 members (excludes halogenated alkanes) is 1. The van der Waals surface area contributed by atoms with Crippen LogP contribution in [0.4, 0.5) is 0 Å². The smallest absolute Gasteiger partial charge is 0.160 e. The first kappa shape index (κ1) is 21.7. The maximum absolute atomic E-state index is 9.79. The Kier molecular flexibility index (Phi) is 15.3. The Morgan fingerprint density at radius 3 is 1.91 bits per heavy atom. The lowest BCUT2D eigenvalue weighted by atomic mass is 10.2. The molecule has 5 N–H and O–H groups in total. The number of aliphatic hydroxyl groups is 5. The highest BCUT2D eigenvalue weighted by molar-refractivity contribution is 4.53. The summed E-state index contributed by atoms with van der Waals surface area (Å²) in [4.78, 5) is 0. The largest absolute Gasteiger partial charge is 0.396 e. The standard InChI is InChI=1S/C14H30O8/c15-7-2-1-6-14(21-11-9-17)22-13(19)5-3-4-12(18)20-10-8-16/h12-19H,1-11H2. The monoisotopic (exact) mass is 326 g/mol. The molecule has 8 heteroatoms. The molecule has 22 heavy (non-hydrogen) atoms. The van der Waals surface area contributed by atoms with Gasteiger partial charge in [0, 0.05) is 6.61 Å². The third-order valence-electron chi connectivity index (χ3n) is 2.86. The summed E-state index contributed by atoms with van der Waals surface area (Å²) in [7, 11) is 0. The third kappa shape index (κ3) is 13.4. The minimum Gasteiger partial charge on any atom is -0.396 e. The van der Waals surface area contributed by atoms with Crippen molar-refractivity contribution < 1.29 is 39.7 Å². The number of aliphatic hydroxyl groups excluding tert-OH is 5. The molecule has 0 aromatic rings. The van der Waals surface area contributed by atoms with E-state index < -0.39 is 18.9 Å². The zero-order chi connectivity index (χ0) is 16.6. The topological polar surface area (TPSA) is 129 Å². The second-order valence-electron chi connectivity index (χ2n) is 4.81. The van der Waals surface area contributed by atoms with E-state index in [1.165, 1.54) is 0 Å². The van der Waals surface area contributed by atoms with Crippen LogP contribution in [-0.2, 0) is 14.2 Å². The molecule has 0 aromatic heterocycles. The van der Waals surface area contributed by atoms with Crippen LogP contribution in [0.1, 0.15) is 38.5 Å². The highest BCUT2D eigenvalue weighted by Crippen LogP contribution is 2.13. The molecule has 0 bridgehead atoms. The van der Waals surface area contributed by atoms with Gasteiger partial charge >= 0.3 is 0 Å². The van der Waals surface area contributed by atoms with Gasteiger partial charge in [-0.15, -0.1) is 0 Å². The van der Waals surface area contributed by atoms with Gasteiger partial charge in [0.05, 0.1) is 26.4 Å². The molecule has 0 aliphatic rings. The van der Waals surface area contributed by atoms with E-state index in [-0.39, 0.29) is 33.0 Å². The van der Waals surface area contributed by atoms with Crippen molar-refractivity contribution in [3.8, 4) is 0 Å². The maximum Gasteiger partial charge on any atom is 0.160 e. The van der Waals surface area contributed by atoms with E-state index in [4.69, 9.17) is 29.5 Å². The lowest BCUT2D eigenvalue weighted by Gasteiger charge is -2.22.